The third-order valence-corrected chi connectivity index (χ3v) is 5.81. The summed E-state index contributed by atoms with van der Waals surface area (Å²) in [5, 5.41) is 1.94. The first kappa shape index (κ1) is 14.5. The summed E-state index contributed by atoms with van der Waals surface area (Å²) < 4.78 is 27.5. The van der Waals surface area contributed by atoms with Crippen LogP contribution < -0.4 is 10.5 Å². The molecule has 0 radical (unpaired) electrons. The van der Waals surface area contributed by atoms with E-state index in [2.05, 4.69) is 20.7 Å². The normalized spacial score (nSPS) is 11.7. The zero-order valence-electron chi connectivity index (χ0n) is 10.2. The number of nitrogens with one attached hydrogen (secondary N) is 1. The van der Waals surface area contributed by atoms with Gasteiger partial charge in [0.2, 0.25) is 10.0 Å². The summed E-state index contributed by atoms with van der Waals surface area (Å²) >= 11 is 4.77. The predicted molar refractivity (Wildman–Crippen MR) is 81.6 cm³/mol. The topological polar surface area (TPSA) is 72.2 Å². The van der Waals surface area contributed by atoms with Crippen molar-refractivity contribution in [2.45, 2.75) is 18.4 Å². The SMILES string of the molecule is Cc1ccsc1CNS(=O)(=O)c1ccc(Br)c(N)c1. The maximum Gasteiger partial charge on any atom is 0.240 e. The number of aryl methyl sites for hydroxylation is 1. The first-order valence-electron chi connectivity index (χ1n) is 5.48. The molecule has 0 saturated heterocycles. The molecule has 1 heterocycles. The van der Waals surface area contributed by atoms with Gasteiger partial charge in [-0.2, -0.15) is 0 Å². The number of nitrogens with two attached hydrogens (primary N) is 1. The Morgan fingerprint density at radius 2 is 2.11 bits per heavy atom. The fourth-order valence-electron chi connectivity index (χ4n) is 1.52. The Balaban J connectivity index is 2.18. The van der Waals surface area contributed by atoms with Crippen LogP contribution in [0.4, 0.5) is 5.69 Å². The molecule has 0 aliphatic heterocycles. The van der Waals surface area contributed by atoms with Crippen LogP contribution in [0.25, 0.3) is 0 Å². The maximum atomic E-state index is 12.1. The molecule has 0 spiro atoms. The van der Waals surface area contributed by atoms with Gasteiger partial charge in [-0.3, -0.25) is 0 Å². The van der Waals surface area contributed by atoms with Gasteiger partial charge in [-0.1, -0.05) is 0 Å². The Labute approximate surface area is 124 Å². The Kier molecular flexibility index (Phi) is 4.29. The van der Waals surface area contributed by atoms with Gasteiger partial charge in [0, 0.05) is 21.6 Å². The average molecular weight is 361 g/mol. The van der Waals surface area contributed by atoms with Crippen molar-refractivity contribution in [3.05, 3.63) is 44.6 Å². The minimum Gasteiger partial charge on any atom is -0.398 e. The second-order valence-corrected chi connectivity index (χ2v) is 7.66. The van der Waals surface area contributed by atoms with Crippen LogP contribution in [0.5, 0.6) is 0 Å². The lowest BCUT2D eigenvalue weighted by Gasteiger charge is -2.08. The molecule has 0 fully saturated rings. The summed E-state index contributed by atoms with van der Waals surface area (Å²) in [7, 11) is -3.54. The summed E-state index contributed by atoms with van der Waals surface area (Å²) in [6.07, 6.45) is 0. The van der Waals surface area contributed by atoms with Gasteiger partial charge in [0.15, 0.2) is 0 Å². The molecule has 7 heteroatoms. The zero-order chi connectivity index (χ0) is 14.0. The van der Waals surface area contributed by atoms with Crippen LogP contribution in [0, 0.1) is 6.92 Å². The molecular formula is C12H13BrN2O2S2. The summed E-state index contributed by atoms with van der Waals surface area (Å²) in [5.74, 6) is 0. The highest BCUT2D eigenvalue weighted by Crippen LogP contribution is 2.23. The van der Waals surface area contributed by atoms with E-state index in [4.69, 9.17) is 5.73 Å². The molecule has 2 aromatic rings. The third-order valence-electron chi connectivity index (χ3n) is 2.67. The van der Waals surface area contributed by atoms with Crippen LogP contribution in [0.2, 0.25) is 0 Å². The van der Waals surface area contributed by atoms with Crippen molar-refractivity contribution in [2.75, 3.05) is 5.73 Å². The molecule has 1 aromatic carbocycles. The molecule has 0 unspecified atom stereocenters. The van der Waals surface area contributed by atoms with Crippen molar-refractivity contribution in [3.8, 4) is 0 Å². The summed E-state index contributed by atoms with van der Waals surface area (Å²) in [6.45, 7) is 2.25. The van der Waals surface area contributed by atoms with Gasteiger partial charge in [0.05, 0.1) is 4.90 Å². The standard InChI is InChI=1S/C12H13BrN2O2S2/c1-8-4-5-18-12(8)7-15-19(16,17)9-2-3-10(13)11(14)6-9/h2-6,15H,7,14H2,1H3. The summed E-state index contributed by atoms with van der Waals surface area (Å²) in [4.78, 5) is 1.18. The quantitative estimate of drug-likeness (QED) is 0.823. The van der Waals surface area contributed by atoms with Crippen molar-refractivity contribution in [2.24, 2.45) is 0 Å². The van der Waals surface area contributed by atoms with Crippen molar-refractivity contribution in [1.82, 2.24) is 4.72 Å². The lowest BCUT2D eigenvalue weighted by atomic mass is 10.3. The van der Waals surface area contributed by atoms with E-state index in [1.165, 1.54) is 23.5 Å². The van der Waals surface area contributed by atoms with E-state index in [-0.39, 0.29) is 4.90 Å². The number of hydrogen-bond acceptors (Lipinski definition) is 4. The lowest BCUT2D eigenvalue weighted by molar-refractivity contribution is 0.581. The first-order chi connectivity index (χ1) is 8.90. The molecule has 0 amide bonds. The lowest BCUT2D eigenvalue weighted by Crippen LogP contribution is -2.23. The number of thiophene rings is 1. The van der Waals surface area contributed by atoms with Gasteiger partial charge in [0.1, 0.15) is 0 Å². The highest BCUT2D eigenvalue weighted by atomic mass is 79.9. The van der Waals surface area contributed by atoms with Gasteiger partial charge in [0.25, 0.3) is 0 Å². The Hall–Kier alpha value is -0.890. The number of sulfonamides is 1. The van der Waals surface area contributed by atoms with E-state index < -0.39 is 10.0 Å². The molecule has 4 nitrogen and oxygen atoms in total. The minimum absolute atomic E-state index is 0.169. The van der Waals surface area contributed by atoms with E-state index in [1.807, 2.05) is 18.4 Å². The number of anilines is 1. The van der Waals surface area contributed by atoms with Crippen molar-refractivity contribution < 1.29 is 8.42 Å². The minimum atomic E-state index is -3.54. The average Bonchev–Trinajstić information content (AvgIpc) is 2.76. The van der Waals surface area contributed by atoms with Crippen molar-refractivity contribution in [1.29, 1.82) is 0 Å². The predicted octanol–water partition coefficient (Wildman–Crippen LogP) is 2.88. The molecule has 19 heavy (non-hydrogen) atoms. The molecule has 0 aliphatic rings. The molecule has 2 rings (SSSR count). The number of rotatable bonds is 4. The van der Waals surface area contributed by atoms with E-state index >= 15 is 0 Å². The van der Waals surface area contributed by atoms with E-state index in [9.17, 15) is 8.42 Å². The first-order valence-corrected chi connectivity index (χ1v) is 8.63. The fourth-order valence-corrected chi connectivity index (χ4v) is 3.73. The van der Waals surface area contributed by atoms with Gasteiger partial charge >= 0.3 is 0 Å². The molecule has 0 aliphatic carbocycles. The molecule has 0 atom stereocenters. The van der Waals surface area contributed by atoms with E-state index in [0.717, 1.165) is 10.4 Å². The number of nitrogen functional groups attached to an aromatic ring is 1. The highest BCUT2D eigenvalue weighted by Gasteiger charge is 2.15. The molecule has 102 valence electrons. The van der Waals surface area contributed by atoms with E-state index in [0.29, 0.717) is 16.7 Å². The van der Waals surface area contributed by atoms with Crippen LogP contribution in [-0.4, -0.2) is 8.42 Å². The van der Waals surface area contributed by atoms with Crippen LogP contribution >= 0.6 is 27.3 Å². The summed E-state index contributed by atoms with van der Waals surface area (Å²) in [5.41, 5.74) is 7.18. The fraction of sp³-hybridized carbons (Fsp3) is 0.167. The number of hydrogen-bond donors (Lipinski definition) is 2. The van der Waals surface area contributed by atoms with Crippen molar-refractivity contribution in [3.63, 3.8) is 0 Å². The Morgan fingerprint density at radius 3 is 2.68 bits per heavy atom. The maximum absolute atomic E-state index is 12.1. The van der Waals surface area contributed by atoms with Gasteiger partial charge in [-0.15, -0.1) is 11.3 Å². The molecule has 1 aromatic heterocycles. The Bertz CT molecular complexity index is 696. The van der Waals surface area contributed by atoms with Crippen LogP contribution in [0.3, 0.4) is 0 Å². The second kappa shape index (κ2) is 5.62. The monoisotopic (exact) mass is 360 g/mol. The zero-order valence-corrected chi connectivity index (χ0v) is 13.4. The smallest absolute Gasteiger partial charge is 0.240 e. The molecule has 0 bridgehead atoms. The molecule has 0 saturated carbocycles. The highest BCUT2D eigenvalue weighted by molar-refractivity contribution is 9.10. The van der Waals surface area contributed by atoms with Gasteiger partial charge < -0.3 is 5.73 Å². The van der Waals surface area contributed by atoms with Crippen LogP contribution in [-0.2, 0) is 16.6 Å². The number of halogens is 1. The molecular weight excluding hydrogens is 348 g/mol. The summed E-state index contributed by atoms with van der Waals surface area (Å²) in [6, 6.07) is 6.55. The van der Waals surface area contributed by atoms with Crippen molar-refractivity contribution >= 4 is 43.0 Å². The van der Waals surface area contributed by atoms with Gasteiger partial charge in [-0.25, -0.2) is 13.1 Å². The largest absolute Gasteiger partial charge is 0.398 e. The number of benzene rings is 1. The van der Waals surface area contributed by atoms with E-state index in [1.54, 1.807) is 6.07 Å². The second-order valence-electron chi connectivity index (χ2n) is 4.03. The third kappa shape index (κ3) is 3.36. The van der Waals surface area contributed by atoms with Gasteiger partial charge in [-0.05, 0) is 58.1 Å². The molecule has 3 N–H and O–H groups in total. The van der Waals surface area contributed by atoms with Crippen LogP contribution in [0.1, 0.15) is 10.4 Å². The van der Waals surface area contributed by atoms with Crippen LogP contribution in [0.15, 0.2) is 39.0 Å². The Morgan fingerprint density at radius 1 is 1.37 bits per heavy atom.